The molecule has 4 nitrogen and oxygen atoms in total. The third-order valence-electron chi connectivity index (χ3n) is 2.07. The lowest BCUT2D eigenvalue weighted by atomic mass is 10.1. The Balaban J connectivity index is 3.01. The second kappa shape index (κ2) is 4.99. The zero-order valence-corrected chi connectivity index (χ0v) is 9.97. The van der Waals surface area contributed by atoms with Gasteiger partial charge in [-0.05, 0) is 25.5 Å². The quantitative estimate of drug-likeness (QED) is 0.498. The van der Waals surface area contributed by atoms with Gasteiger partial charge in [-0.25, -0.2) is 0 Å². The van der Waals surface area contributed by atoms with E-state index in [1.807, 2.05) is 6.92 Å². The van der Waals surface area contributed by atoms with Gasteiger partial charge in [0.2, 0.25) is 0 Å². The molecule has 0 spiro atoms. The number of aryl methyl sites for hydroxylation is 1. The molecule has 0 heterocycles. The summed E-state index contributed by atoms with van der Waals surface area (Å²) in [6.45, 7) is 8.08. The minimum absolute atomic E-state index is 0.0694. The summed E-state index contributed by atoms with van der Waals surface area (Å²) in [5.41, 5.74) is 2.49. The van der Waals surface area contributed by atoms with Crippen molar-refractivity contribution < 1.29 is 4.92 Å². The van der Waals surface area contributed by atoms with Gasteiger partial charge in [0.1, 0.15) is 5.02 Å². The van der Waals surface area contributed by atoms with Crippen molar-refractivity contribution in [3.63, 3.8) is 0 Å². The Labute approximate surface area is 99.1 Å². The number of anilines is 1. The lowest BCUT2D eigenvalue weighted by molar-refractivity contribution is -0.384. The van der Waals surface area contributed by atoms with Gasteiger partial charge in [0.15, 0.2) is 0 Å². The lowest BCUT2D eigenvalue weighted by Crippen LogP contribution is -2.04. The van der Waals surface area contributed by atoms with E-state index < -0.39 is 4.92 Å². The number of rotatable bonds is 4. The van der Waals surface area contributed by atoms with Gasteiger partial charge in [0.05, 0.1) is 4.92 Å². The van der Waals surface area contributed by atoms with Gasteiger partial charge in [0.25, 0.3) is 5.69 Å². The Bertz CT molecular complexity index is 444. The smallest absolute Gasteiger partial charge is 0.288 e. The van der Waals surface area contributed by atoms with Gasteiger partial charge in [-0.15, -0.1) is 0 Å². The number of nitrogens with zero attached hydrogens (tertiary/aromatic N) is 1. The van der Waals surface area contributed by atoms with Crippen molar-refractivity contribution in [2.45, 2.75) is 13.8 Å². The highest BCUT2D eigenvalue weighted by atomic mass is 35.5. The van der Waals surface area contributed by atoms with Crippen LogP contribution < -0.4 is 5.32 Å². The summed E-state index contributed by atoms with van der Waals surface area (Å²) >= 11 is 5.81. The molecule has 0 atom stereocenters. The van der Waals surface area contributed by atoms with Gasteiger partial charge >= 0.3 is 0 Å². The maximum Gasteiger partial charge on any atom is 0.288 e. The first-order valence-corrected chi connectivity index (χ1v) is 5.12. The third-order valence-corrected chi connectivity index (χ3v) is 2.37. The average molecular weight is 241 g/mol. The van der Waals surface area contributed by atoms with Crippen LogP contribution in [0.15, 0.2) is 24.3 Å². The van der Waals surface area contributed by atoms with Crippen LogP contribution in [0.3, 0.4) is 0 Å². The Kier molecular flexibility index (Phi) is 3.90. The van der Waals surface area contributed by atoms with E-state index in [1.54, 1.807) is 13.0 Å². The molecule has 0 radical (unpaired) electrons. The van der Waals surface area contributed by atoms with E-state index in [9.17, 15) is 10.1 Å². The average Bonchev–Trinajstić information content (AvgIpc) is 2.18. The highest BCUT2D eigenvalue weighted by Gasteiger charge is 2.14. The molecule has 0 aliphatic carbocycles. The lowest BCUT2D eigenvalue weighted by Gasteiger charge is -2.09. The summed E-state index contributed by atoms with van der Waals surface area (Å²) in [6.07, 6.45) is 0. The van der Waals surface area contributed by atoms with Crippen LogP contribution >= 0.6 is 11.6 Å². The molecule has 0 aliphatic heterocycles. The summed E-state index contributed by atoms with van der Waals surface area (Å²) in [6, 6.07) is 3.03. The van der Waals surface area contributed by atoms with Crippen molar-refractivity contribution in [1.82, 2.24) is 0 Å². The maximum atomic E-state index is 10.6. The van der Waals surface area contributed by atoms with Gasteiger partial charge in [-0.1, -0.05) is 23.8 Å². The molecular weight excluding hydrogens is 228 g/mol. The van der Waals surface area contributed by atoms with Crippen molar-refractivity contribution in [1.29, 1.82) is 0 Å². The highest BCUT2D eigenvalue weighted by Crippen LogP contribution is 2.30. The first-order chi connectivity index (χ1) is 7.41. The molecule has 16 heavy (non-hydrogen) atoms. The molecular formula is C11H13ClN2O2. The maximum absolute atomic E-state index is 10.6. The van der Waals surface area contributed by atoms with Crippen LogP contribution in [0, 0.1) is 17.0 Å². The van der Waals surface area contributed by atoms with Crippen LogP contribution in [0.4, 0.5) is 11.4 Å². The first-order valence-electron chi connectivity index (χ1n) is 4.74. The van der Waals surface area contributed by atoms with Crippen molar-refractivity contribution in [2.75, 3.05) is 11.9 Å². The molecule has 0 saturated heterocycles. The van der Waals surface area contributed by atoms with Gasteiger partial charge < -0.3 is 5.32 Å². The third kappa shape index (κ3) is 2.97. The fraction of sp³-hybridized carbons (Fsp3) is 0.273. The second-order valence-electron chi connectivity index (χ2n) is 3.69. The van der Waals surface area contributed by atoms with Crippen LogP contribution in [0.25, 0.3) is 0 Å². The number of nitrogens with one attached hydrogen (secondary N) is 1. The molecule has 0 bridgehead atoms. The molecule has 1 aromatic rings. The molecule has 0 saturated carbocycles. The van der Waals surface area contributed by atoms with E-state index in [1.165, 1.54) is 6.07 Å². The zero-order valence-electron chi connectivity index (χ0n) is 9.21. The van der Waals surface area contributed by atoms with Crippen LogP contribution in [0.2, 0.25) is 5.02 Å². The topological polar surface area (TPSA) is 55.2 Å². The first kappa shape index (κ1) is 12.5. The molecule has 0 aliphatic rings. The van der Waals surface area contributed by atoms with Crippen molar-refractivity contribution >= 4 is 23.0 Å². The van der Waals surface area contributed by atoms with Crippen LogP contribution in [-0.4, -0.2) is 11.5 Å². The number of nitro groups is 1. The molecule has 86 valence electrons. The standard InChI is InChI=1S/C11H13ClN2O2/c1-7(2)6-13-10-5-9(12)11(14(15)16)4-8(10)3/h4-5,13H,1,6H2,2-3H3. The molecule has 0 unspecified atom stereocenters. The van der Waals surface area contributed by atoms with E-state index >= 15 is 0 Å². The molecule has 5 heteroatoms. The minimum Gasteiger partial charge on any atom is -0.381 e. The van der Waals surface area contributed by atoms with Crippen molar-refractivity contribution in [3.8, 4) is 0 Å². The summed E-state index contributed by atoms with van der Waals surface area (Å²) in [7, 11) is 0. The number of nitro benzene ring substituents is 1. The molecule has 1 N–H and O–H groups in total. The van der Waals surface area contributed by atoms with E-state index in [0.717, 1.165) is 16.8 Å². The molecule has 0 fully saturated rings. The molecule has 0 aromatic heterocycles. The number of hydrogen-bond donors (Lipinski definition) is 1. The van der Waals surface area contributed by atoms with Crippen molar-refractivity contribution in [3.05, 3.63) is 45.0 Å². The molecule has 1 aromatic carbocycles. The fourth-order valence-corrected chi connectivity index (χ4v) is 1.48. The Hall–Kier alpha value is -1.55. The predicted octanol–water partition coefficient (Wildman–Crippen LogP) is 3.54. The minimum atomic E-state index is -0.488. The summed E-state index contributed by atoms with van der Waals surface area (Å²) in [4.78, 5) is 10.1. The van der Waals surface area contributed by atoms with Gasteiger partial charge in [-0.2, -0.15) is 0 Å². The SMILES string of the molecule is C=C(C)CNc1cc(Cl)c([N+](=O)[O-])cc1C. The zero-order chi connectivity index (χ0) is 12.3. The normalized spacial score (nSPS) is 9.94. The number of benzene rings is 1. The number of halogens is 1. The van der Waals surface area contributed by atoms with Crippen LogP contribution in [0.1, 0.15) is 12.5 Å². The highest BCUT2D eigenvalue weighted by molar-refractivity contribution is 6.33. The second-order valence-corrected chi connectivity index (χ2v) is 4.09. The van der Waals surface area contributed by atoms with E-state index in [0.29, 0.717) is 6.54 Å². The Morgan fingerprint density at radius 2 is 2.25 bits per heavy atom. The van der Waals surface area contributed by atoms with E-state index in [-0.39, 0.29) is 10.7 Å². The fourth-order valence-electron chi connectivity index (χ4n) is 1.24. The largest absolute Gasteiger partial charge is 0.381 e. The predicted molar refractivity (Wildman–Crippen MR) is 66.1 cm³/mol. The Morgan fingerprint density at radius 1 is 1.62 bits per heavy atom. The van der Waals surface area contributed by atoms with E-state index in [4.69, 9.17) is 11.6 Å². The summed E-state index contributed by atoms with van der Waals surface area (Å²) in [5, 5.41) is 13.9. The number of hydrogen-bond acceptors (Lipinski definition) is 3. The van der Waals surface area contributed by atoms with Crippen LogP contribution in [-0.2, 0) is 0 Å². The summed E-state index contributed by atoms with van der Waals surface area (Å²) < 4.78 is 0. The monoisotopic (exact) mass is 240 g/mol. The van der Waals surface area contributed by atoms with Crippen molar-refractivity contribution in [2.24, 2.45) is 0 Å². The Morgan fingerprint density at radius 3 is 2.75 bits per heavy atom. The molecule has 0 amide bonds. The van der Waals surface area contributed by atoms with Gasteiger partial charge in [0, 0.05) is 18.3 Å². The van der Waals surface area contributed by atoms with E-state index in [2.05, 4.69) is 11.9 Å². The summed E-state index contributed by atoms with van der Waals surface area (Å²) in [5.74, 6) is 0. The van der Waals surface area contributed by atoms with Crippen LogP contribution in [0.5, 0.6) is 0 Å². The molecule has 1 rings (SSSR count). The van der Waals surface area contributed by atoms with Gasteiger partial charge in [-0.3, -0.25) is 10.1 Å².